The number of rotatable bonds is 1. The first-order valence-electron chi connectivity index (χ1n) is 3.24. The Bertz CT molecular complexity index is 250. The summed E-state index contributed by atoms with van der Waals surface area (Å²) in [6.07, 6.45) is 0. The van der Waals surface area contributed by atoms with Crippen molar-refractivity contribution in [3.63, 3.8) is 0 Å². The van der Waals surface area contributed by atoms with Gasteiger partial charge in [0.15, 0.2) is 0 Å². The van der Waals surface area contributed by atoms with Gasteiger partial charge in [0.05, 0.1) is 12.8 Å². The topological polar surface area (TPSA) is 35.2 Å². The number of benzene rings is 1. The van der Waals surface area contributed by atoms with Crippen LogP contribution in [0.3, 0.4) is 0 Å². The van der Waals surface area contributed by atoms with E-state index < -0.39 is 0 Å². The fourth-order valence-electron chi connectivity index (χ4n) is 1.03. The van der Waals surface area contributed by atoms with Gasteiger partial charge in [-0.2, -0.15) is 0 Å². The largest absolute Gasteiger partial charge is 0.494 e. The van der Waals surface area contributed by atoms with Crippen LogP contribution < -0.4 is 10.5 Å². The average molecular weight is 155 g/mol. The van der Waals surface area contributed by atoms with E-state index in [1.807, 2.05) is 0 Å². The lowest BCUT2D eigenvalue weighted by Gasteiger charge is -2.06. The number of hydrogen-bond acceptors (Lipinski definition) is 2. The fraction of sp³-hybridized carbons (Fsp3) is 0.250. The van der Waals surface area contributed by atoms with Crippen molar-refractivity contribution < 1.29 is 9.13 Å². The van der Waals surface area contributed by atoms with Gasteiger partial charge in [0.1, 0.15) is 11.6 Å². The lowest BCUT2D eigenvalue weighted by atomic mass is 10.2. The Morgan fingerprint density at radius 2 is 2.09 bits per heavy atom. The maximum atomic E-state index is 12.6. The van der Waals surface area contributed by atoms with E-state index >= 15 is 0 Å². The summed E-state index contributed by atoms with van der Waals surface area (Å²) < 4.78 is 17.5. The zero-order valence-corrected chi connectivity index (χ0v) is 6.52. The van der Waals surface area contributed by atoms with Crippen LogP contribution in [0, 0.1) is 12.7 Å². The third kappa shape index (κ3) is 1.42. The number of hydrogen-bond donors (Lipinski definition) is 1. The molecule has 3 heteroatoms. The molecule has 0 fully saturated rings. The number of aryl methyl sites for hydroxylation is 1. The zero-order valence-electron chi connectivity index (χ0n) is 6.52. The molecule has 0 aliphatic carbocycles. The fourth-order valence-corrected chi connectivity index (χ4v) is 1.03. The molecule has 2 nitrogen and oxygen atoms in total. The predicted molar refractivity (Wildman–Crippen MR) is 42.1 cm³/mol. The summed E-state index contributed by atoms with van der Waals surface area (Å²) in [5, 5.41) is 0. The van der Waals surface area contributed by atoms with Crippen molar-refractivity contribution in [3.8, 4) is 5.75 Å². The van der Waals surface area contributed by atoms with Gasteiger partial charge in [0.2, 0.25) is 0 Å². The molecule has 0 saturated carbocycles. The van der Waals surface area contributed by atoms with Crippen LogP contribution in [0.15, 0.2) is 12.1 Å². The molecule has 0 bridgehead atoms. The first kappa shape index (κ1) is 7.85. The van der Waals surface area contributed by atoms with E-state index in [0.717, 1.165) is 0 Å². The summed E-state index contributed by atoms with van der Waals surface area (Å²) in [7, 11) is 1.51. The molecule has 1 aromatic carbocycles. The number of nitrogens with two attached hydrogens (primary N) is 1. The van der Waals surface area contributed by atoms with E-state index in [1.54, 1.807) is 6.92 Å². The number of ether oxygens (including phenoxy) is 1. The molecule has 0 aromatic heterocycles. The Labute approximate surface area is 64.8 Å². The molecule has 0 spiro atoms. The SMILES string of the molecule is COc1c(C)cc(F)cc1N. The lowest BCUT2D eigenvalue weighted by Crippen LogP contribution is -1.95. The van der Waals surface area contributed by atoms with Crippen LogP contribution in [-0.2, 0) is 0 Å². The predicted octanol–water partition coefficient (Wildman–Crippen LogP) is 1.72. The van der Waals surface area contributed by atoms with E-state index in [9.17, 15) is 4.39 Å². The Morgan fingerprint density at radius 1 is 1.45 bits per heavy atom. The highest BCUT2D eigenvalue weighted by molar-refractivity contribution is 5.56. The molecule has 0 unspecified atom stereocenters. The third-order valence-electron chi connectivity index (χ3n) is 1.47. The van der Waals surface area contributed by atoms with Crippen molar-refractivity contribution in [2.75, 3.05) is 12.8 Å². The van der Waals surface area contributed by atoms with Crippen LogP contribution in [0.25, 0.3) is 0 Å². The Balaban J connectivity index is 3.25. The van der Waals surface area contributed by atoms with Crippen LogP contribution in [-0.4, -0.2) is 7.11 Å². The van der Waals surface area contributed by atoms with Gasteiger partial charge < -0.3 is 10.5 Å². The molecule has 60 valence electrons. The molecular formula is C8H10FNO. The smallest absolute Gasteiger partial charge is 0.144 e. The molecule has 1 aromatic rings. The molecule has 1 rings (SSSR count). The average Bonchev–Trinajstić information content (AvgIpc) is 1.85. The Kier molecular flexibility index (Phi) is 1.98. The standard InChI is InChI=1S/C8H10FNO/c1-5-3-6(9)4-7(10)8(5)11-2/h3-4H,10H2,1-2H3. The van der Waals surface area contributed by atoms with Crippen LogP contribution in [0.2, 0.25) is 0 Å². The van der Waals surface area contributed by atoms with Gasteiger partial charge in [-0.25, -0.2) is 4.39 Å². The summed E-state index contributed by atoms with van der Waals surface area (Å²) in [6, 6.07) is 2.63. The van der Waals surface area contributed by atoms with E-state index in [0.29, 0.717) is 17.0 Å². The molecule has 0 atom stereocenters. The minimum absolute atomic E-state index is 0.333. The van der Waals surface area contributed by atoms with Gasteiger partial charge in [-0.15, -0.1) is 0 Å². The van der Waals surface area contributed by atoms with Gasteiger partial charge in [0, 0.05) is 6.07 Å². The summed E-state index contributed by atoms with van der Waals surface area (Å²) in [4.78, 5) is 0. The van der Waals surface area contributed by atoms with Crippen molar-refractivity contribution in [1.29, 1.82) is 0 Å². The minimum atomic E-state index is -0.333. The second kappa shape index (κ2) is 2.78. The maximum absolute atomic E-state index is 12.6. The van der Waals surface area contributed by atoms with Crippen molar-refractivity contribution in [3.05, 3.63) is 23.5 Å². The molecular weight excluding hydrogens is 145 g/mol. The second-order valence-corrected chi connectivity index (χ2v) is 2.35. The van der Waals surface area contributed by atoms with Crippen LogP contribution in [0.5, 0.6) is 5.75 Å². The van der Waals surface area contributed by atoms with Gasteiger partial charge in [-0.1, -0.05) is 0 Å². The van der Waals surface area contributed by atoms with E-state index in [4.69, 9.17) is 10.5 Å². The van der Waals surface area contributed by atoms with E-state index in [-0.39, 0.29) is 5.82 Å². The zero-order chi connectivity index (χ0) is 8.43. The molecule has 0 aliphatic heterocycles. The minimum Gasteiger partial charge on any atom is -0.494 e. The van der Waals surface area contributed by atoms with E-state index in [1.165, 1.54) is 19.2 Å². The Hall–Kier alpha value is -1.25. The molecule has 0 amide bonds. The van der Waals surface area contributed by atoms with E-state index in [2.05, 4.69) is 0 Å². The molecule has 0 heterocycles. The highest BCUT2D eigenvalue weighted by atomic mass is 19.1. The van der Waals surface area contributed by atoms with Gasteiger partial charge in [-0.05, 0) is 18.6 Å². The summed E-state index contributed by atoms with van der Waals surface area (Å²) >= 11 is 0. The molecule has 0 radical (unpaired) electrons. The first-order chi connectivity index (χ1) is 5.15. The monoisotopic (exact) mass is 155 g/mol. The van der Waals surface area contributed by atoms with Crippen molar-refractivity contribution >= 4 is 5.69 Å². The summed E-state index contributed by atoms with van der Waals surface area (Å²) in [5.41, 5.74) is 6.52. The quantitative estimate of drug-likeness (QED) is 0.627. The molecule has 11 heavy (non-hydrogen) atoms. The highest BCUT2D eigenvalue weighted by Crippen LogP contribution is 2.26. The maximum Gasteiger partial charge on any atom is 0.144 e. The van der Waals surface area contributed by atoms with Crippen LogP contribution >= 0.6 is 0 Å². The van der Waals surface area contributed by atoms with Crippen molar-refractivity contribution in [2.24, 2.45) is 0 Å². The third-order valence-corrected chi connectivity index (χ3v) is 1.47. The van der Waals surface area contributed by atoms with Crippen molar-refractivity contribution in [2.45, 2.75) is 6.92 Å². The van der Waals surface area contributed by atoms with Crippen LogP contribution in [0.4, 0.5) is 10.1 Å². The van der Waals surface area contributed by atoms with Crippen molar-refractivity contribution in [1.82, 2.24) is 0 Å². The van der Waals surface area contributed by atoms with Gasteiger partial charge in [0.25, 0.3) is 0 Å². The number of nitrogen functional groups attached to an aromatic ring is 1. The van der Waals surface area contributed by atoms with Gasteiger partial charge >= 0.3 is 0 Å². The Morgan fingerprint density at radius 3 is 2.55 bits per heavy atom. The highest BCUT2D eigenvalue weighted by Gasteiger charge is 2.04. The summed E-state index contributed by atoms with van der Waals surface area (Å²) in [6.45, 7) is 1.75. The van der Waals surface area contributed by atoms with Gasteiger partial charge in [-0.3, -0.25) is 0 Å². The summed E-state index contributed by atoms with van der Waals surface area (Å²) in [5.74, 6) is 0.215. The number of halogens is 1. The second-order valence-electron chi connectivity index (χ2n) is 2.35. The van der Waals surface area contributed by atoms with Crippen LogP contribution in [0.1, 0.15) is 5.56 Å². The first-order valence-corrected chi connectivity index (χ1v) is 3.24. The molecule has 0 aliphatic rings. The lowest BCUT2D eigenvalue weighted by molar-refractivity contribution is 0.413. The number of anilines is 1. The normalized spacial score (nSPS) is 9.73. The number of methoxy groups -OCH3 is 1. The molecule has 0 saturated heterocycles. The molecule has 2 N–H and O–H groups in total.